The summed E-state index contributed by atoms with van der Waals surface area (Å²) >= 11 is 0. The van der Waals surface area contributed by atoms with Crippen LogP contribution in [0.25, 0.3) is 16.7 Å². The number of piperidine rings is 1. The van der Waals surface area contributed by atoms with Gasteiger partial charge in [0.25, 0.3) is 0 Å². The molecule has 1 atom stereocenters. The number of carbonyl (C=O) groups is 1. The first kappa shape index (κ1) is 18.4. The van der Waals surface area contributed by atoms with Gasteiger partial charge in [-0.25, -0.2) is 14.6 Å². The van der Waals surface area contributed by atoms with Crippen LogP contribution in [-0.4, -0.2) is 56.7 Å². The summed E-state index contributed by atoms with van der Waals surface area (Å²) in [7, 11) is 0. The monoisotopic (exact) mass is 378 g/mol. The normalized spacial score (nSPS) is 17.1. The smallest absolute Gasteiger partial charge is 0.227 e. The zero-order valence-corrected chi connectivity index (χ0v) is 16.5. The van der Waals surface area contributed by atoms with E-state index in [2.05, 4.69) is 20.0 Å². The number of anilines is 1. The maximum absolute atomic E-state index is 12.8. The van der Waals surface area contributed by atoms with E-state index >= 15 is 0 Å². The van der Waals surface area contributed by atoms with Crippen LogP contribution in [0.2, 0.25) is 0 Å². The molecular weight excluding hydrogens is 352 g/mol. The van der Waals surface area contributed by atoms with Gasteiger partial charge in [-0.15, -0.1) is 0 Å². The Balaban J connectivity index is 1.64. The van der Waals surface area contributed by atoms with Gasteiger partial charge in [0.15, 0.2) is 5.65 Å². The Labute approximate surface area is 165 Å². The van der Waals surface area contributed by atoms with Gasteiger partial charge in [0.1, 0.15) is 12.1 Å². The minimum absolute atomic E-state index is 0.0165. The fraction of sp³-hybridized carbons (Fsp3) is 0.429. The van der Waals surface area contributed by atoms with Gasteiger partial charge in [-0.2, -0.15) is 5.10 Å². The molecule has 1 fully saturated rings. The Kier molecular flexibility index (Phi) is 5.23. The van der Waals surface area contributed by atoms with Crippen LogP contribution < -0.4 is 4.90 Å². The first-order valence-electron chi connectivity index (χ1n) is 10.0. The second kappa shape index (κ2) is 7.96. The van der Waals surface area contributed by atoms with Crippen LogP contribution in [0.15, 0.2) is 42.9 Å². The lowest BCUT2D eigenvalue weighted by Gasteiger charge is -2.35. The Morgan fingerprint density at radius 2 is 1.96 bits per heavy atom. The molecule has 3 heterocycles. The van der Waals surface area contributed by atoms with Crippen LogP contribution in [0.5, 0.6) is 0 Å². The molecule has 4 rings (SSSR count). The number of amides is 1. The van der Waals surface area contributed by atoms with E-state index in [1.54, 1.807) is 6.33 Å². The van der Waals surface area contributed by atoms with Crippen LogP contribution in [0.3, 0.4) is 0 Å². The van der Waals surface area contributed by atoms with Gasteiger partial charge in [0.05, 0.1) is 23.2 Å². The van der Waals surface area contributed by atoms with Crippen molar-refractivity contribution in [3.05, 3.63) is 42.9 Å². The molecule has 0 saturated carbocycles. The molecule has 146 valence electrons. The number of benzene rings is 1. The van der Waals surface area contributed by atoms with Crippen molar-refractivity contribution in [2.24, 2.45) is 5.92 Å². The van der Waals surface area contributed by atoms with Crippen molar-refractivity contribution in [2.45, 2.75) is 26.7 Å². The van der Waals surface area contributed by atoms with Crippen LogP contribution in [0, 0.1) is 5.92 Å². The van der Waals surface area contributed by atoms with E-state index in [1.165, 1.54) is 0 Å². The molecule has 1 aliphatic heterocycles. The number of carbonyl (C=O) groups excluding carboxylic acids is 1. The van der Waals surface area contributed by atoms with Crippen molar-refractivity contribution >= 4 is 22.8 Å². The molecule has 7 heteroatoms. The summed E-state index contributed by atoms with van der Waals surface area (Å²) in [6.45, 7) is 7.17. The van der Waals surface area contributed by atoms with E-state index in [-0.39, 0.29) is 11.8 Å². The van der Waals surface area contributed by atoms with Crippen molar-refractivity contribution in [1.29, 1.82) is 0 Å². The summed E-state index contributed by atoms with van der Waals surface area (Å²) < 4.78 is 1.84. The largest absolute Gasteiger partial charge is 0.355 e. The molecule has 1 saturated heterocycles. The summed E-state index contributed by atoms with van der Waals surface area (Å²) in [4.78, 5) is 26.0. The van der Waals surface area contributed by atoms with E-state index < -0.39 is 0 Å². The van der Waals surface area contributed by atoms with Gasteiger partial charge in [-0.05, 0) is 38.8 Å². The van der Waals surface area contributed by atoms with Gasteiger partial charge in [-0.1, -0.05) is 18.2 Å². The molecule has 0 aliphatic carbocycles. The number of rotatable bonds is 5. The minimum atomic E-state index is 0.0165. The first-order chi connectivity index (χ1) is 13.7. The maximum Gasteiger partial charge on any atom is 0.227 e. The minimum Gasteiger partial charge on any atom is -0.355 e. The topological polar surface area (TPSA) is 67.2 Å². The fourth-order valence-electron chi connectivity index (χ4n) is 4.01. The van der Waals surface area contributed by atoms with Crippen LogP contribution in [-0.2, 0) is 4.79 Å². The van der Waals surface area contributed by atoms with Crippen molar-refractivity contribution in [2.75, 3.05) is 31.1 Å². The molecule has 1 aromatic carbocycles. The second-order valence-electron chi connectivity index (χ2n) is 7.12. The number of nitrogens with zero attached hydrogens (tertiary/aromatic N) is 6. The van der Waals surface area contributed by atoms with Crippen LogP contribution in [0.1, 0.15) is 26.7 Å². The molecule has 1 amide bonds. The predicted molar refractivity (Wildman–Crippen MR) is 110 cm³/mol. The Morgan fingerprint density at radius 3 is 2.71 bits per heavy atom. The average Bonchev–Trinajstić information content (AvgIpc) is 3.19. The highest BCUT2D eigenvalue weighted by Crippen LogP contribution is 2.29. The third kappa shape index (κ3) is 3.32. The quantitative estimate of drug-likeness (QED) is 0.683. The van der Waals surface area contributed by atoms with Crippen molar-refractivity contribution in [3.8, 4) is 5.69 Å². The number of para-hydroxylation sites is 1. The lowest BCUT2D eigenvalue weighted by Crippen LogP contribution is -2.45. The molecule has 0 unspecified atom stereocenters. The molecule has 2 aromatic heterocycles. The highest BCUT2D eigenvalue weighted by molar-refractivity contribution is 5.88. The zero-order chi connectivity index (χ0) is 19.5. The molecule has 0 spiro atoms. The third-order valence-electron chi connectivity index (χ3n) is 5.49. The predicted octanol–water partition coefficient (Wildman–Crippen LogP) is 2.90. The Hall–Kier alpha value is -2.96. The Morgan fingerprint density at radius 1 is 1.18 bits per heavy atom. The molecule has 0 N–H and O–H groups in total. The van der Waals surface area contributed by atoms with Crippen molar-refractivity contribution < 1.29 is 4.79 Å². The van der Waals surface area contributed by atoms with E-state index in [9.17, 15) is 4.79 Å². The third-order valence-corrected chi connectivity index (χ3v) is 5.49. The van der Waals surface area contributed by atoms with Gasteiger partial charge < -0.3 is 9.80 Å². The van der Waals surface area contributed by atoms with E-state index in [0.717, 1.165) is 55.0 Å². The zero-order valence-electron chi connectivity index (χ0n) is 16.5. The number of hydrogen-bond donors (Lipinski definition) is 0. The van der Waals surface area contributed by atoms with E-state index in [0.29, 0.717) is 6.54 Å². The lowest BCUT2D eigenvalue weighted by molar-refractivity contribution is -0.135. The summed E-state index contributed by atoms with van der Waals surface area (Å²) in [6, 6.07) is 9.97. The number of aromatic nitrogens is 4. The fourth-order valence-corrected chi connectivity index (χ4v) is 4.01. The van der Waals surface area contributed by atoms with Crippen LogP contribution in [0.4, 0.5) is 5.82 Å². The maximum atomic E-state index is 12.8. The summed E-state index contributed by atoms with van der Waals surface area (Å²) in [5, 5.41) is 5.46. The molecule has 28 heavy (non-hydrogen) atoms. The second-order valence-corrected chi connectivity index (χ2v) is 7.12. The highest BCUT2D eigenvalue weighted by atomic mass is 16.2. The van der Waals surface area contributed by atoms with E-state index in [1.807, 2.05) is 60.0 Å². The number of hydrogen-bond acceptors (Lipinski definition) is 5. The molecular formula is C21H26N6O. The standard InChI is InChI=1S/C21H26N6O/c1-3-25(4-2)21(28)16-9-8-12-26(14-16)19-18-13-24-27(20(18)23-15-22-19)17-10-6-5-7-11-17/h5-7,10-11,13,15-16H,3-4,8-9,12,14H2,1-2H3/t16-/m0/s1. The summed E-state index contributed by atoms with van der Waals surface area (Å²) in [6.07, 6.45) is 5.33. The average molecular weight is 378 g/mol. The van der Waals surface area contributed by atoms with Gasteiger partial charge in [0, 0.05) is 26.2 Å². The molecule has 0 bridgehead atoms. The SMILES string of the molecule is CCN(CC)C(=O)[C@H]1CCCN(c2ncnc3c2cnn3-c2ccccc2)C1. The van der Waals surface area contributed by atoms with Gasteiger partial charge in [0.2, 0.25) is 5.91 Å². The van der Waals surface area contributed by atoms with E-state index in [4.69, 9.17) is 0 Å². The molecule has 3 aromatic rings. The first-order valence-corrected chi connectivity index (χ1v) is 10.0. The van der Waals surface area contributed by atoms with Gasteiger partial charge >= 0.3 is 0 Å². The van der Waals surface area contributed by atoms with Crippen LogP contribution >= 0.6 is 0 Å². The highest BCUT2D eigenvalue weighted by Gasteiger charge is 2.30. The van der Waals surface area contributed by atoms with Crippen molar-refractivity contribution in [3.63, 3.8) is 0 Å². The molecule has 1 aliphatic rings. The lowest BCUT2D eigenvalue weighted by atomic mass is 9.96. The summed E-state index contributed by atoms with van der Waals surface area (Å²) in [5.74, 6) is 1.13. The Bertz CT molecular complexity index is 950. The van der Waals surface area contributed by atoms with Gasteiger partial charge in [-0.3, -0.25) is 4.79 Å². The molecule has 7 nitrogen and oxygen atoms in total. The number of fused-ring (bicyclic) bond motifs is 1. The molecule has 0 radical (unpaired) electrons. The van der Waals surface area contributed by atoms with Crippen molar-refractivity contribution in [1.82, 2.24) is 24.6 Å². The summed E-state index contributed by atoms with van der Waals surface area (Å²) in [5.41, 5.74) is 1.75.